The summed E-state index contributed by atoms with van der Waals surface area (Å²) in [5.41, 5.74) is 0.896. The summed E-state index contributed by atoms with van der Waals surface area (Å²) < 4.78 is 0. The normalized spacial score (nSPS) is 11.6. The van der Waals surface area contributed by atoms with Gasteiger partial charge in [0.05, 0.1) is 10.6 Å². The van der Waals surface area contributed by atoms with Gasteiger partial charge < -0.3 is 10.6 Å². The maximum Gasteiger partial charge on any atom is 0.253 e. The summed E-state index contributed by atoms with van der Waals surface area (Å²) in [4.78, 5) is 24.4. The van der Waals surface area contributed by atoms with Crippen molar-refractivity contribution in [3.63, 3.8) is 0 Å². The van der Waals surface area contributed by atoms with Gasteiger partial charge in [0, 0.05) is 12.1 Å². The van der Waals surface area contributed by atoms with Gasteiger partial charge >= 0.3 is 0 Å². The molecule has 0 spiro atoms. The molecular formula is C16H14Cl2N2O2. The van der Waals surface area contributed by atoms with E-state index in [9.17, 15) is 9.59 Å². The Bertz CT molecular complexity index is 690. The van der Waals surface area contributed by atoms with Crippen LogP contribution in [0.15, 0.2) is 48.5 Å². The first kappa shape index (κ1) is 16.3. The van der Waals surface area contributed by atoms with E-state index < -0.39 is 11.9 Å². The zero-order valence-corrected chi connectivity index (χ0v) is 13.3. The Kier molecular flexibility index (Phi) is 5.41. The molecule has 2 N–H and O–H groups in total. The lowest BCUT2D eigenvalue weighted by Crippen LogP contribution is -2.39. The number of carbonyl (C=O) groups excluding carboxylic acids is 2. The summed E-state index contributed by atoms with van der Waals surface area (Å²) in [7, 11) is 1.51. The third kappa shape index (κ3) is 3.78. The molecule has 0 saturated heterocycles. The van der Waals surface area contributed by atoms with E-state index in [1.165, 1.54) is 19.2 Å². The number of hydrogen-bond donors (Lipinski definition) is 2. The Hall–Kier alpha value is -2.04. The number of likely N-dealkylation sites (N-methyl/N-ethyl adjacent to an activating group) is 1. The quantitative estimate of drug-likeness (QED) is 0.900. The van der Waals surface area contributed by atoms with Gasteiger partial charge in [-0.3, -0.25) is 9.59 Å². The Balaban J connectivity index is 2.29. The minimum absolute atomic E-state index is 0.221. The van der Waals surface area contributed by atoms with E-state index in [4.69, 9.17) is 23.2 Å². The molecule has 22 heavy (non-hydrogen) atoms. The van der Waals surface area contributed by atoms with Gasteiger partial charge in [-0.05, 0) is 23.8 Å². The van der Waals surface area contributed by atoms with Crippen molar-refractivity contribution in [1.29, 1.82) is 0 Å². The SMILES string of the molecule is CNC(=O)C(NC(=O)c1cc(Cl)ccc1Cl)c1ccccc1. The Labute approximate surface area is 138 Å². The second-order valence-corrected chi connectivity index (χ2v) is 5.40. The van der Waals surface area contributed by atoms with Gasteiger partial charge in [0.1, 0.15) is 6.04 Å². The molecule has 1 unspecified atom stereocenters. The average Bonchev–Trinajstić information content (AvgIpc) is 2.54. The van der Waals surface area contributed by atoms with E-state index in [-0.39, 0.29) is 16.5 Å². The molecule has 0 aliphatic heterocycles. The fourth-order valence-electron chi connectivity index (χ4n) is 1.97. The zero-order chi connectivity index (χ0) is 16.1. The van der Waals surface area contributed by atoms with E-state index in [2.05, 4.69) is 10.6 Å². The van der Waals surface area contributed by atoms with Crippen LogP contribution in [0.1, 0.15) is 22.0 Å². The van der Waals surface area contributed by atoms with Crippen LogP contribution >= 0.6 is 23.2 Å². The van der Waals surface area contributed by atoms with Crippen molar-refractivity contribution in [2.45, 2.75) is 6.04 Å². The molecule has 0 bridgehead atoms. The number of benzene rings is 2. The van der Waals surface area contributed by atoms with Crippen LogP contribution in [-0.2, 0) is 4.79 Å². The molecule has 114 valence electrons. The van der Waals surface area contributed by atoms with Crippen molar-refractivity contribution in [1.82, 2.24) is 10.6 Å². The molecule has 2 amide bonds. The predicted octanol–water partition coefficient (Wildman–Crippen LogP) is 3.21. The molecule has 2 aromatic rings. The Morgan fingerprint density at radius 3 is 2.36 bits per heavy atom. The molecule has 4 nitrogen and oxygen atoms in total. The molecular weight excluding hydrogens is 323 g/mol. The van der Waals surface area contributed by atoms with Crippen LogP contribution in [0.2, 0.25) is 10.0 Å². The largest absolute Gasteiger partial charge is 0.357 e. The van der Waals surface area contributed by atoms with Crippen molar-refractivity contribution in [3.8, 4) is 0 Å². The molecule has 0 aromatic heterocycles. The number of rotatable bonds is 4. The average molecular weight is 337 g/mol. The van der Waals surface area contributed by atoms with Crippen molar-refractivity contribution in [3.05, 3.63) is 69.7 Å². The van der Waals surface area contributed by atoms with E-state index in [0.717, 1.165) is 0 Å². The summed E-state index contributed by atoms with van der Waals surface area (Å²) in [6, 6.07) is 12.7. The zero-order valence-electron chi connectivity index (χ0n) is 11.8. The second kappa shape index (κ2) is 7.29. The molecule has 0 saturated carbocycles. The lowest BCUT2D eigenvalue weighted by atomic mass is 10.1. The first-order chi connectivity index (χ1) is 10.5. The van der Waals surface area contributed by atoms with Gasteiger partial charge in [-0.2, -0.15) is 0 Å². The standard InChI is InChI=1S/C16H14Cl2N2O2/c1-19-16(22)14(10-5-3-2-4-6-10)20-15(21)12-9-11(17)7-8-13(12)18/h2-9,14H,1H3,(H,19,22)(H,20,21). The number of hydrogen-bond acceptors (Lipinski definition) is 2. The van der Waals surface area contributed by atoms with E-state index in [1.54, 1.807) is 30.3 Å². The molecule has 0 aliphatic rings. The minimum Gasteiger partial charge on any atom is -0.357 e. The maximum absolute atomic E-state index is 12.4. The molecule has 1 atom stereocenters. The minimum atomic E-state index is -0.811. The predicted molar refractivity (Wildman–Crippen MR) is 87.2 cm³/mol. The number of amides is 2. The van der Waals surface area contributed by atoms with Crippen LogP contribution in [-0.4, -0.2) is 18.9 Å². The second-order valence-electron chi connectivity index (χ2n) is 4.56. The van der Waals surface area contributed by atoms with Gasteiger partial charge in [-0.25, -0.2) is 0 Å². The van der Waals surface area contributed by atoms with Crippen LogP contribution in [0, 0.1) is 0 Å². The van der Waals surface area contributed by atoms with Gasteiger partial charge in [-0.15, -0.1) is 0 Å². The third-order valence-corrected chi connectivity index (χ3v) is 3.65. The van der Waals surface area contributed by atoms with E-state index in [0.29, 0.717) is 10.6 Å². The monoisotopic (exact) mass is 336 g/mol. The first-order valence-electron chi connectivity index (χ1n) is 6.55. The molecule has 2 rings (SSSR count). The van der Waals surface area contributed by atoms with Crippen molar-refractivity contribution in [2.75, 3.05) is 7.05 Å². The van der Waals surface area contributed by atoms with Gasteiger partial charge in [0.2, 0.25) is 5.91 Å². The summed E-state index contributed by atoms with van der Waals surface area (Å²) in [5, 5.41) is 5.87. The van der Waals surface area contributed by atoms with Crippen molar-refractivity contribution < 1.29 is 9.59 Å². The molecule has 6 heteroatoms. The fraction of sp³-hybridized carbons (Fsp3) is 0.125. The van der Waals surface area contributed by atoms with Crippen LogP contribution in [0.5, 0.6) is 0 Å². The van der Waals surface area contributed by atoms with E-state index in [1.807, 2.05) is 6.07 Å². The smallest absolute Gasteiger partial charge is 0.253 e. The van der Waals surface area contributed by atoms with Gasteiger partial charge in [-0.1, -0.05) is 53.5 Å². The van der Waals surface area contributed by atoms with Crippen LogP contribution in [0.25, 0.3) is 0 Å². The Morgan fingerprint density at radius 2 is 1.73 bits per heavy atom. The van der Waals surface area contributed by atoms with Crippen molar-refractivity contribution >= 4 is 35.0 Å². The number of carbonyl (C=O) groups is 2. The lowest BCUT2D eigenvalue weighted by Gasteiger charge is -2.18. The summed E-state index contributed by atoms with van der Waals surface area (Å²) in [6.45, 7) is 0. The molecule has 0 radical (unpaired) electrons. The topological polar surface area (TPSA) is 58.2 Å². The van der Waals surface area contributed by atoms with Crippen molar-refractivity contribution in [2.24, 2.45) is 0 Å². The third-order valence-electron chi connectivity index (χ3n) is 3.09. The highest BCUT2D eigenvalue weighted by molar-refractivity contribution is 6.35. The summed E-state index contributed by atoms with van der Waals surface area (Å²) in [6.07, 6.45) is 0. The molecule has 0 aliphatic carbocycles. The molecule has 2 aromatic carbocycles. The highest BCUT2D eigenvalue weighted by atomic mass is 35.5. The highest BCUT2D eigenvalue weighted by Gasteiger charge is 2.23. The maximum atomic E-state index is 12.4. The van der Waals surface area contributed by atoms with Crippen LogP contribution in [0.3, 0.4) is 0 Å². The first-order valence-corrected chi connectivity index (χ1v) is 7.31. The van der Waals surface area contributed by atoms with Gasteiger partial charge in [0.15, 0.2) is 0 Å². The summed E-state index contributed by atoms with van der Waals surface area (Å²) in [5.74, 6) is -0.789. The number of nitrogens with one attached hydrogen (secondary N) is 2. The van der Waals surface area contributed by atoms with E-state index >= 15 is 0 Å². The van der Waals surface area contributed by atoms with Crippen LogP contribution in [0.4, 0.5) is 0 Å². The summed E-state index contributed by atoms with van der Waals surface area (Å²) >= 11 is 11.9. The number of halogens is 2. The lowest BCUT2D eigenvalue weighted by molar-refractivity contribution is -0.122. The molecule has 0 heterocycles. The highest BCUT2D eigenvalue weighted by Crippen LogP contribution is 2.22. The van der Waals surface area contributed by atoms with Crippen LogP contribution < -0.4 is 10.6 Å². The van der Waals surface area contributed by atoms with Gasteiger partial charge in [0.25, 0.3) is 5.91 Å². The fourth-order valence-corrected chi connectivity index (χ4v) is 2.35. The molecule has 0 fully saturated rings. The Morgan fingerprint density at radius 1 is 1.05 bits per heavy atom.